The number of anilines is 1. The summed E-state index contributed by atoms with van der Waals surface area (Å²) in [5.41, 5.74) is 1.95. The van der Waals surface area contributed by atoms with E-state index in [1.807, 2.05) is 13.0 Å². The lowest BCUT2D eigenvalue weighted by Gasteiger charge is -2.15. The molecular weight excluding hydrogens is 196 g/mol. The summed E-state index contributed by atoms with van der Waals surface area (Å²) in [4.78, 5) is 17.4. The van der Waals surface area contributed by atoms with E-state index in [9.17, 15) is 4.79 Å². The van der Waals surface area contributed by atoms with Gasteiger partial charge in [-0.3, -0.25) is 9.78 Å². The highest BCUT2D eigenvalue weighted by atomic mass is 32.1. The number of aryl methyl sites for hydroxylation is 1. The van der Waals surface area contributed by atoms with E-state index in [-0.39, 0.29) is 11.2 Å². The second-order valence-corrected chi connectivity index (χ2v) is 4.31. The molecule has 14 heavy (non-hydrogen) atoms. The molecule has 2 rings (SSSR count). The third-order valence-corrected chi connectivity index (χ3v) is 2.62. The molecule has 1 aliphatic heterocycles. The van der Waals surface area contributed by atoms with E-state index < -0.39 is 0 Å². The quantitative estimate of drug-likeness (QED) is 0.708. The van der Waals surface area contributed by atoms with Crippen LogP contribution in [0, 0.1) is 6.92 Å². The molecule has 0 aliphatic carbocycles. The van der Waals surface area contributed by atoms with Gasteiger partial charge >= 0.3 is 0 Å². The number of nitrogens with zero attached hydrogens (tertiary/aromatic N) is 2. The molecular formula is C10H12N2OS. The second kappa shape index (κ2) is 3.61. The van der Waals surface area contributed by atoms with E-state index in [1.165, 1.54) is 0 Å². The standard InChI is InChI=1S/C10H12N2OS/c1-7-2-8(5-11-4-7)12-6-9(14)3-10(12)13/h2,4-5,9,14H,3,6H2,1H3. The normalized spacial score (nSPS) is 21.7. The van der Waals surface area contributed by atoms with Gasteiger partial charge in [-0.2, -0.15) is 12.6 Å². The van der Waals surface area contributed by atoms with Crippen LogP contribution in [0.25, 0.3) is 0 Å². The Morgan fingerprint density at radius 1 is 1.57 bits per heavy atom. The maximum Gasteiger partial charge on any atom is 0.228 e. The third kappa shape index (κ3) is 1.75. The molecule has 1 saturated heterocycles. The Balaban J connectivity index is 2.27. The van der Waals surface area contributed by atoms with Crippen molar-refractivity contribution in [2.75, 3.05) is 11.4 Å². The molecule has 1 unspecified atom stereocenters. The molecule has 4 heteroatoms. The van der Waals surface area contributed by atoms with Gasteiger partial charge in [0.1, 0.15) is 0 Å². The number of rotatable bonds is 1. The van der Waals surface area contributed by atoms with Gasteiger partial charge in [-0.1, -0.05) is 0 Å². The Morgan fingerprint density at radius 3 is 2.93 bits per heavy atom. The number of pyridine rings is 1. The molecule has 3 nitrogen and oxygen atoms in total. The Bertz CT molecular complexity index is 367. The van der Waals surface area contributed by atoms with Crippen LogP contribution in [-0.2, 0) is 4.79 Å². The topological polar surface area (TPSA) is 33.2 Å². The predicted molar refractivity (Wildman–Crippen MR) is 58.7 cm³/mol. The fourth-order valence-electron chi connectivity index (χ4n) is 1.62. The molecule has 1 fully saturated rings. The summed E-state index contributed by atoms with van der Waals surface area (Å²) in [6, 6.07) is 1.97. The number of aromatic nitrogens is 1. The summed E-state index contributed by atoms with van der Waals surface area (Å²) in [5, 5.41) is 0.156. The van der Waals surface area contributed by atoms with E-state index in [0.29, 0.717) is 13.0 Å². The zero-order valence-corrected chi connectivity index (χ0v) is 8.87. The summed E-state index contributed by atoms with van der Waals surface area (Å²) in [5.74, 6) is 0.136. The molecule has 0 aromatic carbocycles. The van der Waals surface area contributed by atoms with Crippen LogP contribution in [0.2, 0.25) is 0 Å². The van der Waals surface area contributed by atoms with Crippen molar-refractivity contribution in [3.63, 3.8) is 0 Å². The smallest absolute Gasteiger partial charge is 0.228 e. The maximum atomic E-state index is 11.5. The minimum absolute atomic E-state index is 0.136. The fraction of sp³-hybridized carbons (Fsp3) is 0.400. The van der Waals surface area contributed by atoms with E-state index in [4.69, 9.17) is 0 Å². The van der Waals surface area contributed by atoms with E-state index in [2.05, 4.69) is 17.6 Å². The average Bonchev–Trinajstić information content (AvgIpc) is 2.45. The minimum atomic E-state index is 0.136. The van der Waals surface area contributed by atoms with Crippen molar-refractivity contribution in [3.05, 3.63) is 24.0 Å². The number of amides is 1. The SMILES string of the molecule is Cc1cncc(N2CC(S)CC2=O)c1. The zero-order valence-electron chi connectivity index (χ0n) is 7.97. The first kappa shape index (κ1) is 9.52. The maximum absolute atomic E-state index is 11.5. The minimum Gasteiger partial charge on any atom is -0.310 e. The van der Waals surface area contributed by atoms with Crippen molar-refractivity contribution >= 4 is 24.2 Å². The predicted octanol–water partition coefficient (Wildman–Crippen LogP) is 1.43. The van der Waals surface area contributed by atoms with Gasteiger partial charge in [-0.25, -0.2) is 0 Å². The highest BCUT2D eigenvalue weighted by Crippen LogP contribution is 2.23. The molecule has 1 aromatic heterocycles. The zero-order chi connectivity index (χ0) is 10.1. The first-order chi connectivity index (χ1) is 6.66. The number of hydrogen-bond acceptors (Lipinski definition) is 3. The van der Waals surface area contributed by atoms with Crippen LogP contribution in [0.15, 0.2) is 18.5 Å². The van der Waals surface area contributed by atoms with Gasteiger partial charge in [-0.05, 0) is 18.6 Å². The molecule has 0 N–H and O–H groups in total. The van der Waals surface area contributed by atoms with Gasteiger partial charge < -0.3 is 4.90 Å². The van der Waals surface area contributed by atoms with Crippen LogP contribution in [-0.4, -0.2) is 22.7 Å². The monoisotopic (exact) mass is 208 g/mol. The van der Waals surface area contributed by atoms with Crippen LogP contribution in [0.4, 0.5) is 5.69 Å². The van der Waals surface area contributed by atoms with Gasteiger partial charge in [0.15, 0.2) is 0 Å². The lowest BCUT2D eigenvalue weighted by molar-refractivity contribution is -0.117. The average molecular weight is 208 g/mol. The van der Waals surface area contributed by atoms with Gasteiger partial charge in [0.05, 0.1) is 11.9 Å². The van der Waals surface area contributed by atoms with Gasteiger partial charge in [0.25, 0.3) is 0 Å². The molecule has 74 valence electrons. The number of hydrogen-bond donors (Lipinski definition) is 1. The van der Waals surface area contributed by atoms with Crippen molar-refractivity contribution < 1.29 is 4.79 Å². The fourth-order valence-corrected chi connectivity index (χ4v) is 1.94. The Morgan fingerprint density at radius 2 is 2.36 bits per heavy atom. The van der Waals surface area contributed by atoms with Crippen molar-refractivity contribution in [1.29, 1.82) is 0 Å². The van der Waals surface area contributed by atoms with Gasteiger partial charge in [-0.15, -0.1) is 0 Å². The summed E-state index contributed by atoms with van der Waals surface area (Å²) in [7, 11) is 0. The lowest BCUT2D eigenvalue weighted by Crippen LogP contribution is -2.24. The third-order valence-electron chi connectivity index (χ3n) is 2.28. The van der Waals surface area contributed by atoms with E-state index >= 15 is 0 Å². The molecule has 1 aliphatic rings. The molecule has 1 atom stereocenters. The van der Waals surface area contributed by atoms with Gasteiger partial charge in [0, 0.05) is 24.4 Å². The summed E-state index contributed by atoms with van der Waals surface area (Å²) in [6.45, 7) is 2.66. The molecule has 2 heterocycles. The Kier molecular flexibility index (Phi) is 2.46. The van der Waals surface area contributed by atoms with Crippen molar-refractivity contribution in [2.45, 2.75) is 18.6 Å². The second-order valence-electron chi connectivity index (χ2n) is 3.58. The van der Waals surface area contributed by atoms with Crippen LogP contribution in [0.1, 0.15) is 12.0 Å². The molecule has 0 radical (unpaired) electrons. The molecule has 0 spiro atoms. The largest absolute Gasteiger partial charge is 0.310 e. The number of thiol groups is 1. The van der Waals surface area contributed by atoms with E-state index in [1.54, 1.807) is 17.3 Å². The molecule has 1 aromatic rings. The van der Waals surface area contributed by atoms with Crippen LogP contribution in [0.3, 0.4) is 0 Å². The summed E-state index contributed by atoms with van der Waals surface area (Å²) < 4.78 is 0. The lowest BCUT2D eigenvalue weighted by atomic mass is 10.3. The van der Waals surface area contributed by atoms with Crippen LogP contribution < -0.4 is 4.90 Å². The van der Waals surface area contributed by atoms with E-state index in [0.717, 1.165) is 11.3 Å². The Hall–Kier alpha value is -1.03. The molecule has 0 bridgehead atoms. The first-order valence-electron chi connectivity index (χ1n) is 4.57. The summed E-state index contributed by atoms with van der Waals surface area (Å²) >= 11 is 4.30. The molecule has 1 amide bonds. The van der Waals surface area contributed by atoms with Gasteiger partial charge in [0.2, 0.25) is 5.91 Å². The van der Waals surface area contributed by atoms with Crippen molar-refractivity contribution in [2.24, 2.45) is 0 Å². The Labute approximate surface area is 88.5 Å². The number of carbonyl (C=O) groups excluding carboxylic acids is 1. The van der Waals surface area contributed by atoms with Crippen molar-refractivity contribution in [1.82, 2.24) is 4.98 Å². The highest BCUT2D eigenvalue weighted by Gasteiger charge is 2.28. The van der Waals surface area contributed by atoms with Crippen LogP contribution >= 0.6 is 12.6 Å². The number of carbonyl (C=O) groups is 1. The van der Waals surface area contributed by atoms with Crippen LogP contribution in [0.5, 0.6) is 0 Å². The summed E-state index contributed by atoms with van der Waals surface area (Å²) in [6.07, 6.45) is 4.02. The first-order valence-corrected chi connectivity index (χ1v) is 5.08. The van der Waals surface area contributed by atoms with Crippen molar-refractivity contribution in [3.8, 4) is 0 Å². The highest BCUT2D eigenvalue weighted by molar-refractivity contribution is 7.81. The molecule has 0 saturated carbocycles.